The summed E-state index contributed by atoms with van der Waals surface area (Å²) in [7, 11) is 0. The summed E-state index contributed by atoms with van der Waals surface area (Å²) in [5.74, 6) is -1.91. The van der Waals surface area contributed by atoms with Gasteiger partial charge in [0.15, 0.2) is 0 Å². The van der Waals surface area contributed by atoms with Gasteiger partial charge in [-0.2, -0.15) is 17.6 Å². The zero-order valence-electron chi connectivity index (χ0n) is 9.67. The third-order valence-corrected chi connectivity index (χ3v) is 3.23. The molecule has 100 valence electrons. The van der Waals surface area contributed by atoms with Crippen molar-refractivity contribution < 1.29 is 17.6 Å². The molecule has 2 unspecified atom stereocenters. The van der Waals surface area contributed by atoms with Crippen LogP contribution in [0.15, 0.2) is 18.2 Å². The summed E-state index contributed by atoms with van der Waals surface area (Å²) < 4.78 is 51.4. The second-order valence-electron chi connectivity index (χ2n) is 4.53. The van der Waals surface area contributed by atoms with Gasteiger partial charge < -0.3 is 5.32 Å². The van der Waals surface area contributed by atoms with Crippen LogP contribution in [-0.4, -0.2) is 17.2 Å². The third-order valence-electron chi connectivity index (χ3n) is 3.23. The van der Waals surface area contributed by atoms with E-state index in [2.05, 4.69) is 10.3 Å². The lowest BCUT2D eigenvalue weighted by atomic mass is 9.84. The normalized spacial score (nSPS) is 24.9. The second kappa shape index (κ2) is 5.12. The van der Waals surface area contributed by atoms with E-state index < -0.39 is 24.1 Å². The maximum Gasteiger partial charge on any atom is 0.393 e. The lowest BCUT2D eigenvalue weighted by molar-refractivity contribution is -0.184. The van der Waals surface area contributed by atoms with Crippen molar-refractivity contribution in [1.82, 2.24) is 4.98 Å². The Hall–Kier alpha value is -1.33. The smallest absolute Gasteiger partial charge is 0.367 e. The molecule has 1 fully saturated rings. The van der Waals surface area contributed by atoms with Crippen LogP contribution < -0.4 is 5.32 Å². The molecule has 1 aliphatic carbocycles. The third kappa shape index (κ3) is 3.11. The molecule has 0 amide bonds. The molecule has 18 heavy (non-hydrogen) atoms. The van der Waals surface area contributed by atoms with Gasteiger partial charge in [0.2, 0.25) is 5.95 Å². The highest BCUT2D eigenvalue weighted by Gasteiger charge is 2.45. The van der Waals surface area contributed by atoms with E-state index in [0.717, 1.165) is 12.5 Å². The van der Waals surface area contributed by atoms with Crippen LogP contribution in [0.1, 0.15) is 25.7 Å². The quantitative estimate of drug-likeness (QED) is 0.648. The first-order chi connectivity index (χ1) is 8.47. The highest BCUT2D eigenvalue weighted by molar-refractivity contribution is 5.35. The van der Waals surface area contributed by atoms with Crippen LogP contribution in [0, 0.1) is 11.9 Å². The maximum atomic E-state index is 12.9. The molecule has 2 nitrogen and oxygen atoms in total. The van der Waals surface area contributed by atoms with Crippen LogP contribution in [0.4, 0.5) is 23.4 Å². The number of rotatable bonds is 2. The van der Waals surface area contributed by atoms with E-state index in [0.29, 0.717) is 12.8 Å². The molecule has 1 saturated carbocycles. The molecule has 0 radical (unpaired) electrons. The van der Waals surface area contributed by atoms with Gasteiger partial charge in [-0.25, -0.2) is 4.98 Å². The van der Waals surface area contributed by atoms with Gasteiger partial charge in [-0.3, -0.25) is 0 Å². The Balaban J connectivity index is 2.10. The molecule has 6 heteroatoms. The summed E-state index contributed by atoms with van der Waals surface area (Å²) in [6.07, 6.45) is -2.33. The minimum absolute atomic E-state index is 0.122. The molecule has 1 aromatic heterocycles. The Kier molecular flexibility index (Phi) is 3.73. The molecule has 1 aromatic rings. The lowest BCUT2D eigenvalue weighted by Crippen LogP contribution is -2.41. The van der Waals surface area contributed by atoms with Crippen LogP contribution >= 0.6 is 0 Å². The summed E-state index contributed by atoms with van der Waals surface area (Å²) in [5.41, 5.74) is 0. The monoisotopic (exact) mass is 262 g/mol. The lowest BCUT2D eigenvalue weighted by Gasteiger charge is -2.33. The first-order valence-corrected chi connectivity index (χ1v) is 5.92. The average molecular weight is 262 g/mol. The number of halogens is 4. The molecule has 0 aliphatic heterocycles. The largest absolute Gasteiger partial charge is 0.393 e. The summed E-state index contributed by atoms with van der Waals surface area (Å²) in [5, 5.41) is 2.71. The second-order valence-corrected chi connectivity index (χ2v) is 4.53. The molecule has 1 aliphatic rings. The van der Waals surface area contributed by atoms with Gasteiger partial charge in [-0.05, 0) is 25.0 Å². The number of hydrogen-bond acceptors (Lipinski definition) is 2. The van der Waals surface area contributed by atoms with Crippen LogP contribution in [0.2, 0.25) is 0 Å². The number of alkyl halides is 3. The van der Waals surface area contributed by atoms with E-state index in [4.69, 9.17) is 0 Å². The number of nitrogens with zero attached hydrogens (tertiary/aromatic N) is 1. The molecule has 0 bridgehead atoms. The number of hydrogen-bond donors (Lipinski definition) is 1. The average Bonchev–Trinajstić information content (AvgIpc) is 2.28. The van der Waals surface area contributed by atoms with Crippen LogP contribution in [0.25, 0.3) is 0 Å². The van der Waals surface area contributed by atoms with E-state index in [1.165, 1.54) is 12.1 Å². The fourth-order valence-electron chi connectivity index (χ4n) is 2.37. The molecule has 0 aromatic carbocycles. The molecular formula is C12H14F4N2. The Labute approximate surface area is 102 Å². The van der Waals surface area contributed by atoms with Crippen molar-refractivity contribution in [1.29, 1.82) is 0 Å². The van der Waals surface area contributed by atoms with Crippen LogP contribution in [0.3, 0.4) is 0 Å². The Morgan fingerprint density at radius 1 is 1.17 bits per heavy atom. The van der Waals surface area contributed by atoms with Crippen LogP contribution in [0.5, 0.6) is 0 Å². The highest BCUT2D eigenvalue weighted by atomic mass is 19.4. The van der Waals surface area contributed by atoms with Crippen molar-refractivity contribution in [2.75, 3.05) is 5.32 Å². The minimum atomic E-state index is -4.22. The van der Waals surface area contributed by atoms with Gasteiger partial charge in [-0.15, -0.1) is 0 Å². The van der Waals surface area contributed by atoms with E-state index in [1.54, 1.807) is 0 Å². The zero-order chi connectivity index (χ0) is 13.2. The van der Waals surface area contributed by atoms with Gasteiger partial charge >= 0.3 is 6.18 Å². The Morgan fingerprint density at radius 3 is 2.56 bits per heavy atom. The summed E-state index contributed by atoms with van der Waals surface area (Å²) in [6.45, 7) is 0. The van der Waals surface area contributed by atoms with E-state index >= 15 is 0 Å². The number of anilines is 1. The zero-order valence-corrected chi connectivity index (χ0v) is 9.67. The van der Waals surface area contributed by atoms with Gasteiger partial charge in [0.05, 0.1) is 5.92 Å². The topological polar surface area (TPSA) is 24.9 Å². The molecule has 2 atom stereocenters. The van der Waals surface area contributed by atoms with Gasteiger partial charge in [0.25, 0.3) is 0 Å². The van der Waals surface area contributed by atoms with Crippen molar-refractivity contribution >= 4 is 5.82 Å². The molecule has 2 rings (SSSR count). The van der Waals surface area contributed by atoms with E-state index in [9.17, 15) is 17.6 Å². The molecule has 0 saturated heterocycles. The molecule has 1 N–H and O–H groups in total. The predicted octanol–water partition coefficient (Wildman–Crippen LogP) is 3.75. The van der Waals surface area contributed by atoms with Gasteiger partial charge in [0, 0.05) is 6.04 Å². The number of nitrogens with one attached hydrogen (secondary N) is 1. The Bertz CT molecular complexity index is 405. The fourth-order valence-corrected chi connectivity index (χ4v) is 2.37. The Morgan fingerprint density at radius 2 is 1.89 bits per heavy atom. The standard InChI is InChI=1S/C12H14F4N2/c13-10-6-3-7-11(18-10)17-9-5-2-1-4-8(9)12(14,15)16/h3,6-9H,1-2,4-5H2,(H,17,18). The fraction of sp³-hybridized carbons (Fsp3) is 0.583. The number of aromatic nitrogens is 1. The predicted molar refractivity (Wildman–Crippen MR) is 59.6 cm³/mol. The molecule has 1 heterocycles. The highest BCUT2D eigenvalue weighted by Crippen LogP contribution is 2.38. The van der Waals surface area contributed by atoms with Crippen molar-refractivity contribution in [3.05, 3.63) is 24.1 Å². The van der Waals surface area contributed by atoms with Crippen molar-refractivity contribution in [3.63, 3.8) is 0 Å². The SMILES string of the molecule is Fc1cccc(NC2CCCCC2C(F)(F)F)n1. The summed E-state index contributed by atoms with van der Waals surface area (Å²) >= 11 is 0. The summed E-state index contributed by atoms with van der Waals surface area (Å²) in [6, 6.07) is 3.35. The van der Waals surface area contributed by atoms with Crippen LogP contribution in [-0.2, 0) is 0 Å². The number of pyridine rings is 1. The molecular weight excluding hydrogens is 248 g/mol. The minimum Gasteiger partial charge on any atom is -0.367 e. The first-order valence-electron chi connectivity index (χ1n) is 5.92. The van der Waals surface area contributed by atoms with Gasteiger partial charge in [-0.1, -0.05) is 18.9 Å². The molecule has 0 spiro atoms. The van der Waals surface area contributed by atoms with E-state index in [1.807, 2.05) is 0 Å². The van der Waals surface area contributed by atoms with E-state index in [-0.39, 0.29) is 12.2 Å². The van der Waals surface area contributed by atoms with Gasteiger partial charge in [0.1, 0.15) is 5.82 Å². The maximum absolute atomic E-state index is 12.9. The first kappa shape index (κ1) is 13.1. The summed E-state index contributed by atoms with van der Waals surface area (Å²) in [4.78, 5) is 3.54. The van der Waals surface area contributed by atoms with Crippen molar-refractivity contribution in [2.45, 2.75) is 37.9 Å². The van der Waals surface area contributed by atoms with Crippen molar-refractivity contribution in [3.8, 4) is 0 Å². The van der Waals surface area contributed by atoms with Crippen molar-refractivity contribution in [2.24, 2.45) is 5.92 Å².